The molecule has 0 aliphatic heterocycles. The Morgan fingerprint density at radius 3 is 2.38 bits per heavy atom. The number of benzene rings is 1. The molecule has 0 fully saturated rings. The number of aryl methyl sites for hydroxylation is 1. The summed E-state index contributed by atoms with van der Waals surface area (Å²) in [7, 11) is -1.68. The molecular formula is C17H15BN6O2. The number of hydrogen-bond acceptors (Lipinski definition) is 7. The first-order valence-electron chi connectivity index (χ1n) is 7.94. The van der Waals surface area contributed by atoms with Crippen molar-refractivity contribution in [3.05, 3.63) is 54.4 Å². The molecule has 0 radical (unpaired) electrons. The van der Waals surface area contributed by atoms with Crippen LogP contribution in [0.1, 0.15) is 5.56 Å². The fourth-order valence-electron chi connectivity index (χ4n) is 2.73. The molecular weight excluding hydrogens is 331 g/mol. The Labute approximate surface area is 149 Å². The first-order valence-corrected chi connectivity index (χ1v) is 7.94. The van der Waals surface area contributed by atoms with Crippen LogP contribution in [0.4, 0.5) is 5.82 Å². The lowest BCUT2D eigenvalue weighted by Gasteiger charge is -2.10. The molecule has 3 heterocycles. The number of fused-ring (bicyclic) bond motifs is 1. The fourth-order valence-corrected chi connectivity index (χ4v) is 2.73. The Balaban J connectivity index is 2.06. The SMILES string of the molecule is Cc1ccc(-n2c(-c3nccnc3N)nc3ccc(B(O)O)nc32)cc1. The summed E-state index contributed by atoms with van der Waals surface area (Å²) in [6.45, 7) is 2.00. The van der Waals surface area contributed by atoms with Gasteiger partial charge in [-0.05, 0) is 31.2 Å². The third kappa shape index (κ3) is 2.69. The van der Waals surface area contributed by atoms with E-state index in [-0.39, 0.29) is 11.4 Å². The van der Waals surface area contributed by atoms with Crippen LogP contribution in [-0.2, 0) is 0 Å². The molecule has 128 valence electrons. The minimum Gasteiger partial charge on any atom is -0.422 e. The number of nitrogens with zero attached hydrogens (tertiary/aromatic N) is 5. The van der Waals surface area contributed by atoms with E-state index in [0.717, 1.165) is 11.3 Å². The van der Waals surface area contributed by atoms with E-state index in [2.05, 4.69) is 19.9 Å². The molecule has 0 atom stereocenters. The molecule has 4 N–H and O–H groups in total. The standard InChI is InChI=1S/C17H15BN6O2/c1-10-2-4-11(5-3-10)24-16-12(6-7-13(23-16)18(25)26)22-17(24)14-15(19)21-9-8-20-14/h2-9,25-26H,1H3,(H2,19,21). The maximum Gasteiger partial charge on any atom is 0.508 e. The maximum atomic E-state index is 9.47. The van der Waals surface area contributed by atoms with E-state index in [1.807, 2.05) is 31.2 Å². The van der Waals surface area contributed by atoms with Crippen molar-refractivity contribution < 1.29 is 10.0 Å². The summed E-state index contributed by atoms with van der Waals surface area (Å²) in [5.74, 6) is 0.727. The van der Waals surface area contributed by atoms with Crippen LogP contribution in [0.25, 0.3) is 28.4 Å². The van der Waals surface area contributed by atoms with Gasteiger partial charge in [-0.3, -0.25) is 4.57 Å². The smallest absolute Gasteiger partial charge is 0.422 e. The van der Waals surface area contributed by atoms with Gasteiger partial charge in [-0.25, -0.2) is 19.9 Å². The summed E-state index contributed by atoms with van der Waals surface area (Å²) < 4.78 is 1.78. The number of aromatic nitrogens is 5. The summed E-state index contributed by atoms with van der Waals surface area (Å²) in [5, 5.41) is 18.9. The Kier molecular flexibility index (Phi) is 3.87. The normalized spacial score (nSPS) is 11.0. The van der Waals surface area contributed by atoms with E-state index < -0.39 is 7.12 Å². The van der Waals surface area contributed by atoms with Gasteiger partial charge >= 0.3 is 7.12 Å². The van der Waals surface area contributed by atoms with Gasteiger partial charge in [0.2, 0.25) is 0 Å². The number of nitrogens with two attached hydrogens (primary N) is 1. The predicted molar refractivity (Wildman–Crippen MR) is 98.9 cm³/mol. The number of nitrogen functional groups attached to an aromatic ring is 1. The van der Waals surface area contributed by atoms with Crippen molar-refractivity contribution in [3.63, 3.8) is 0 Å². The van der Waals surface area contributed by atoms with E-state index >= 15 is 0 Å². The lowest BCUT2D eigenvalue weighted by atomic mass is 9.86. The van der Waals surface area contributed by atoms with E-state index in [1.54, 1.807) is 16.8 Å². The van der Waals surface area contributed by atoms with Crippen molar-refractivity contribution in [1.29, 1.82) is 0 Å². The summed E-state index contributed by atoms with van der Waals surface area (Å²) in [6, 6.07) is 11.0. The number of rotatable bonds is 3. The zero-order chi connectivity index (χ0) is 18.3. The van der Waals surface area contributed by atoms with Crippen LogP contribution in [0.5, 0.6) is 0 Å². The molecule has 9 heteroatoms. The van der Waals surface area contributed by atoms with Crippen molar-refractivity contribution in [2.24, 2.45) is 0 Å². The molecule has 0 aliphatic rings. The summed E-state index contributed by atoms with van der Waals surface area (Å²) in [5.41, 5.74) is 9.51. The van der Waals surface area contributed by atoms with Crippen LogP contribution in [0, 0.1) is 6.92 Å². The van der Waals surface area contributed by atoms with Crippen LogP contribution >= 0.6 is 0 Å². The van der Waals surface area contributed by atoms with Gasteiger partial charge in [-0.2, -0.15) is 0 Å². The maximum absolute atomic E-state index is 9.47. The number of imidazole rings is 1. The van der Waals surface area contributed by atoms with E-state index in [9.17, 15) is 10.0 Å². The minimum absolute atomic E-state index is 0.129. The van der Waals surface area contributed by atoms with Gasteiger partial charge in [0.1, 0.15) is 11.2 Å². The number of hydrogen-bond donors (Lipinski definition) is 3. The third-order valence-electron chi connectivity index (χ3n) is 4.02. The topological polar surface area (TPSA) is 123 Å². The second kappa shape index (κ2) is 6.21. The van der Waals surface area contributed by atoms with Gasteiger partial charge in [0.25, 0.3) is 0 Å². The Morgan fingerprint density at radius 1 is 0.962 bits per heavy atom. The molecule has 3 aromatic heterocycles. The highest BCUT2D eigenvalue weighted by Crippen LogP contribution is 2.28. The quantitative estimate of drug-likeness (QED) is 0.460. The zero-order valence-corrected chi connectivity index (χ0v) is 13.9. The fraction of sp³-hybridized carbons (Fsp3) is 0.0588. The van der Waals surface area contributed by atoms with Crippen molar-refractivity contribution in [3.8, 4) is 17.2 Å². The molecule has 0 saturated heterocycles. The van der Waals surface area contributed by atoms with Crippen LogP contribution in [-0.4, -0.2) is 41.7 Å². The van der Waals surface area contributed by atoms with Crippen molar-refractivity contribution >= 4 is 29.7 Å². The second-order valence-electron chi connectivity index (χ2n) is 5.85. The Morgan fingerprint density at radius 2 is 1.69 bits per heavy atom. The minimum atomic E-state index is -1.68. The van der Waals surface area contributed by atoms with Gasteiger partial charge < -0.3 is 15.8 Å². The Bertz CT molecular complexity index is 1090. The summed E-state index contributed by atoms with van der Waals surface area (Å²) in [4.78, 5) is 17.3. The number of anilines is 1. The predicted octanol–water partition coefficient (Wildman–Crippen LogP) is 0.448. The van der Waals surface area contributed by atoms with Crippen molar-refractivity contribution in [2.75, 3.05) is 5.73 Å². The molecule has 0 aliphatic carbocycles. The third-order valence-corrected chi connectivity index (χ3v) is 4.02. The second-order valence-corrected chi connectivity index (χ2v) is 5.85. The van der Waals surface area contributed by atoms with Crippen LogP contribution in [0.15, 0.2) is 48.8 Å². The van der Waals surface area contributed by atoms with E-state index in [0.29, 0.717) is 22.7 Å². The van der Waals surface area contributed by atoms with Crippen LogP contribution in [0.3, 0.4) is 0 Å². The molecule has 0 bridgehead atoms. The van der Waals surface area contributed by atoms with Gasteiger partial charge in [0.05, 0.1) is 5.59 Å². The molecule has 0 saturated carbocycles. The van der Waals surface area contributed by atoms with Crippen molar-refractivity contribution in [2.45, 2.75) is 6.92 Å². The average Bonchev–Trinajstić information content (AvgIpc) is 3.01. The molecule has 26 heavy (non-hydrogen) atoms. The molecule has 4 rings (SSSR count). The van der Waals surface area contributed by atoms with E-state index in [4.69, 9.17) is 5.73 Å². The molecule has 1 aromatic carbocycles. The van der Waals surface area contributed by atoms with Crippen molar-refractivity contribution in [1.82, 2.24) is 24.5 Å². The number of pyridine rings is 1. The average molecular weight is 346 g/mol. The van der Waals surface area contributed by atoms with Gasteiger partial charge in [0.15, 0.2) is 17.3 Å². The monoisotopic (exact) mass is 346 g/mol. The highest BCUT2D eigenvalue weighted by molar-refractivity contribution is 6.57. The molecule has 0 spiro atoms. The summed E-state index contributed by atoms with van der Waals surface area (Å²) in [6.07, 6.45) is 3.05. The van der Waals surface area contributed by atoms with Gasteiger partial charge in [0, 0.05) is 18.1 Å². The zero-order valence-electron chi connectivity index (χ0n) is 13.9. The first-order chi connectivity index (χ1) is 12.5. The van der Waals surface area contributed by atoms with E-state index in [1.165, 1.54) is 12.3 Å². The lowest BCUT2D eigenvalue weighted by molar-refractivity contribution is 0.424. The van der Waals surface area contributed by atoms with Gasteiger partial charge in [-0.1, -0.05) is 17.7 Å². The van der Waals surface area contributed by atoms with Crippen LogP contribution in [0.2, 0.25) is 0 Å². The highest BCUT2D eigenvalue weighted by atomic mass is 16.4. The molecule has 8 nitrogen and oxygen atoms in total. The Hall–Kier alpha value is -3.30. The van der Waals surface area contributed by atoms with Crippen LogP contribution < -0.4 is 11.3 Å². The first kappa shape index (κ1) is 16.2. The van der Waals surface area contributed by atoms with Gasteiger partial charge in [-0.15, -0.1) is 0 Å². The molecule has 4 aromatic rings. The lowest BCUT2D eigenvalue weighted by Crippen LogP contribution is -2.32. The largest absolute Gasteiger partial charge is 0.508 e. The molecule has 0 amide bonds. The molecule has 0 unspecified atom stereocenters. The summed E-state index contributed by atoms with van der Waals surface area (Å²) >= 11 is 0. The highest BCUT2D eigenvalue weighted by Gasteiger charge is 2.21.